The van der Waals surface area contributed by atoms with Crippen molar-refractivity contribution < 1.29 is 15.8 Å². The Morgan fingerprint density at radius 1 is 1.27 bits per heavy atom. The van der Waals surface area contributed by atoms with E-state index >= 15 is 0 Å². The molecule has 5 heteroatoms. The van der Waals surface area contributed by atoms with Crippen molar-refractivity contribution in [2.75, 3.05) is 13.1 Å². The second kappa shape index (κ2) is 12.8. The van der Waals surface area contributed by atoms with Crippen LogP contribution in [0.4, 0.5) is 4.79 Å². The summed E-state index contributed by atoms with van der Waals surface area (Å²) in [6.07, 6.45) is 2.29. The first-order valence-corrected chi connectivity index (χ1v) is 9.29. The second-order valence-corrected chi connectivity index (χ2v) is 6.01. The molecule has 0 saturated heterocycles. The molecule has 1 rings (SSSR count). The summed E-state index contributed by atoms with van der Waals surface area (Å²) in [7, 11) is 0. The lowest BCUT2D eigenvalue weighted by Gasteiger charge is -2.22. The Balaban J connectivity index is 0.00000676. The van der Waals surface area contributed by atoms with Crippen molar-refractivity contribution in [3.8, 4) is 11.8 Å². The molecule has 0 aliphatic rings. The summed E-state index contributed by atoms with van der Waals surface area (Å²) < 4.78 is 5.35. The van der Waals surface area contributed by atoms with E-state index in [1.807, 2.05) is 37.3 Å². The number of amides is 2. The molecular weight excluding hydrogens is 328 g/mol. The molecule has 0 radical (unpaired) electrons. The zero-order valence-electron chi connectivity index (χ0n) is 16.1. The fourth-order valence-electron chi connectivity index (χ4n) is 2.49. The third-order valence-electron chi connectivity index (χ3n) is 3.90. The molecule has 1 N–H and O–H groups in total. The molecule has 26 heavy (non-hydrogen) atoms. The Kier molecular flexibility index (Phi) is 10.6. The lowest BCUT2D eigenvalue weighted by atomic mass is 10.2. The SMILES string of the molecule is CC#CC(CCCC)OC(=O)NCCN(Cc1ccccc1)C(=O)CC.[HH]. The quantitative estimate of drug-likeness (QED) is 0.642. The molecule has 0 aliphatic carbocycles. The molecule has 2 amide bonds. The van der Waals surface area contributed by atoms with Gasteiger partial charge in [-0.3, -0.25) is 4.79 Å². The fraction of sp³-hybridized carbons (Fsp3) is 0.524. The van der Waals surface area contributed by atoms with Gasteiger partial charge in [0.25, 0.3) is 0 Å². The van der Waals surface area contributed by atoms with Gasteiger partial charge in [-0.25, -0.2) is 4.79 Å². The number of hydrogen-bond donors (Lipinski definition) is 1. The van der Waals surface area contributed by atoms with Crippen LogP contribution in [0.15, 0.2) is 30.3 Å². The summed E-state index contributed by atoms with van der Waals surface area (Å²) in [6, 6.07) is 9.81. The van der Waals surface area contributed by atoms with Crippen molar-refractivity contribution >= 4 is 12.0 Å². The van der Waals surface area contributed by atoms with E-state index < -0.39 is 6.09 Å². The van der Waals surface area contributed by atoms with E-state index in [-0.39, 0.29) is 13.4 Å². The van der Waals surface area contributed by atoms with Gasteiger partial charge in [0.1, 0.15) is 0 Å². The van der Waals surface area contributed by atoms with Crippen molar-refractivity contribution in [2.45, 2.75) is 59.1 Å². The number of ether oxygens (including phenoxy) is 1. The van der Waals surface area contributed by atoms with Gasteiger partial charge in [0.05, 0.1) is 0 Å². The van der Waals surface area contributed by atoms with Gasteiger partial charge in [0, 0.05) is 27.5 Å². The number of carbonyl (C=O) groups is 2. The van der Waals surface area contributed by atoms with Crippen LogP contribution >= 0.6 is 0 Å². The van der Waals surface area contributed by atoms with Gasteiger partial charge in [-0.15, -0.1) is 5.92 Å². The summed E-state index contributed by atoms with van der Waals surface area (Å²) >= 11 is 0. The number of carbonyl (C=O) groups excluding carboxylic acids is 2. The standard InChI is InChI=1S/C21H30N2O3.H2/c1-4-7-14-19(11-5-2)26-21(25)22-15-16-23(20(24)6-3)17-18-12-9-8-10-13-18;/h8-10,12-13,19H,4,6-7,14-17H2,1-3H3,(H,22,25);1H. The smallest absolute Gasteiger partial charge is 0.408 e. The number of benzene rings is 1. The summed E-state index contributed by atoms with van der Waals surface area (Å²) in [5.74, 6) is 5.77. The maximum absolute atomic E-state index is 12.1. The number of alkyl carbamates (subject to hydrolysis) is 1. The molecule has 0 fully saturated rings. The molecule has 0 aromatic heterocycles. The number of hydrogen-bond acceptors (Lipinski definition) is 3. The third kappa shape index (κ3) is 8.57. The van der Waals surface area contributed by atoms with Crippen LogP contribution in [-0.4, -0.2) is 36.1 Å². The first-order valence-electron chi connectivity index (χ1n) is 9.29. The average molecular weight is 360 g/mol. The Bertz CT molecular complexity index is 611. The molecule has 0 aliphatic heterocycles. The number of rotatable bonds is 10. The van der Waals surface area contributed by atoms with Crippen LogP contribution in [0.3, 0.4) is 0 Å². The minimum atomic E-state index is -0.488. The van der Waals surface area contributed by atoms with Gasteiger partial charge < -0.3 is 15.0 Å². The minimum Gasteiger partial charge on any atom is -0.433 e. The predicted molar refractivity (Wildman–Crippen MR) is 106 cm³/mol. The monoisotopic (exact) mass is 360 g/mol. The van der Waals surface area contributed by atoms with Gasteiger partial charge in [-0.1, -0.05) is 56.5 Å². The van der Waals surface area contributed by atoms with E-state index in [4.69, 9.17) is 4.74 Å². The van der Waals surface area contributed by atoms with E-state index in [0.717, 1.165) is 24.8 Å². The molecule has 0 heterocycles. The Morgan fingerprint density at radius 3 is 2.62 bits per heavy atom. The maximum Gasteiger partial charge on any atom is 0.408 e. The Hall–Kier alpha value is -2.48. The third-order valence-corrected chi connectivity index (χ3v) is 3.90. The van der Waals surface area contributed by atoms with Crippen molar-refractivity contribution in [1.82, 2.24) is 10.2 Å². The van der Waals surface area contributed by atoms with Crippen molar-refractivity contribution in [2.24, 2.45) is 0 Å². The highest BCUT2D eigenvalue weighted by atomic mass is 16.6. The van der Waals surface area contributed by atoms with Crippen molar-refractivity contribution in [3.05, 3.63) is 35.9 Å². The maximum atomic E-state index is 12.1. The van der Waals surface area contributed by atoms with Gasteiger partial charge >= 0.3 is 6.09 Å². The normalized spacial score (nSPS) is 11.0. The average Bonchev–Trinajstić information content (AvgIpc) is 2.65. The minimum absolute atomic E-state index is 0. The molecule has 1 aromatic rings. The lowest BCUT2D eigenvalue weighted by Crippen LogP contribution is -2.38. The zero-order chi connectivity index (χ0) is 19.2. The van der Waals surface area contributed by atoms with E-state index in [0.29, 0.717) is 26.1 Å². The number of nitrogens with one attached hydrogen (secondary N) is 1. The van der Waals surface area contributed by atoms with Crippen LogP contribution in [-0.2, 0) is 16.1 Å². The summed E-state index contributed by atoms with van der Waals surface area (Å²) in [6.45, 7) is 6.97. The predicted octanol–water partition coefficient (Wildman–Crippen LogP) is 3.98. The Labute approximate surface area is 158 Å². The van der Waals surface area contributed by atoms with Crippen LogP contribution in [0.5, 0.6) is 0 Å². The summed E-state index contributed by atoms with van der Waals surface area (Å²) in [5.41, 5.74) is 1.06. The van der Waals surface area contributed by atoms with E-state index in [1.165, 1.54) is 0 Å². The van der Waals surface area contributed by atoms with E-state index in [2.05, 4.69) is 24.1 Å². The molecule has 0 bridgehead atoms. The first kappa shape index (κ1) is 21.6. The van der Waals surface area contributed by atoms with Crippen LogP contribution in [0, 0.1) is 11.8 Å². The van der Waals surface area contributed by atoms with Gasteiger partial charge in [-0.05, 0) is 25.3 Å². The highest BCUT2D eigenvalue weighted by Gasteiger charge is 2.14. The highest BCUT2D eigenvalue weighted by Crippen LogP contribution is 2.06. The van der Waals surface area contributed by atoms with Crippen LogP contribution < -0.4 is 5.32 Å². The molecule has 1 unspecified atom stereocenters. The fourth-order valence-corrected chi connectivity index (χ4v) is 2.49. The van der Waals surface area contributed by atoms with Gasteiger partial charge in [-0.2, -0.15) is 0 Å². The summed E-state index contributed by atoms with van der Waals surface area (Å²) in [5, 5.41) is 2.72. The van der Waals surface area contributed by atoms with Crippen LogP contribution in [0.1, 0.15) is 53.4 Å². The van der Waals surface area contributed by atoms with Crippen LogP contribution in [0.25, 0.3) is 0 Å². The number of unbranched alkanes of at least 4 members (excludes halogenated alkanes) is 1. The molecule has 1 aromatic carbocycles. The van der Waals surface area contributed by atoms with Crippen molar-refractivity contribution in [1.29, 1.82) is 0 Å². The molecule has 5 nitrogen and oxygen atoms in total. The van der Waals surface area contributed by atoms with Gasteiger partial charge in [0.15, 0.2) is 6.10 Å². The topological polar surface area (TPSA) is 58.6 Å². The molecule has 0 spiro atoms. The molecule has 144 valence electrons. The summed E-state index contributed by atoms with van der Waals surface area (Å²) in [4.78, 5) is 25.8. The molecule has 0 saturated carbocycles. The van der Waals surface area contributed by atoms with E-state index in [1.54, 1.807) is 11.8 Å². The van der Waals surface area contributed by atoms with Crippen molar-refractivity contribution in [3.63, 3.8) is 0 Å². The molecule has 1 atom stereocenters. The van der Waals surface area contributed by atoms with Gasteiger partial charge in [0.2, 0.25) is 5.91 Å². The van der Waals surface area contributed by atoms with Crippen LogP contribution in [0.2, 0.25) is 0 Å². The highest BCUT2D eigenvalue weighted by molar-refractivity contribution is 5.76. The number of nitrogens with zero attached hydrogens (tertiary/aromatic N) is 1. The first-order chi connectivity index (χ1) is 12.6. The largest absolute Gasteiger partial charge is 0.433 e. The van der Waals surface area contributed by atoms with E-state index in [9.17, 15) is 9.59 Å². The zero-order valence-corrected chi connectivity index (χ0v) is 16.1. The Morgan fingerprint density at radius 2 is 2.00 bits per heavy atom. The molecular formula is C21H32N2O3. The second-order valence-electron chi connectivity index (χ2n) is 6.01. The lowest BCUT2D eigenvalue weighted by molar-refractivity contribution is -0.131.